The van der Waals surface area contributed by atoms with Crippen LogP contribution in [0, 0.1) is 0 Å². The van der Waals surface area contributed by atoms with E-state index in [4.69, 9.17) is 9.47 Å². The van der Waals surface area contributed by atoms with E-state index < -0.39 is 0 Å². The molecule has 0 saturated heterocycles. The fourth-order valence-electron chi connectivity index (χ4n) is 3.51. The van der Waals surface area contributed by atoms with Crippen molar-refractivity contribution in [3.05, 3.63) is 24.3 Å². The molecule has 1 aromatic rings. The van der Waals surface area contributed by atoms with Gasteiger partial charge in [-0.1, -0.05) is 110 Å². The molecule has 0 spiro atoms. The number of ether oxygens (including phenoxy) is 2. The fraction of sp³-hybridized carbons (Fsp3) is 0.769. The summed E-state index contributed by atoms with van der Waals surface area (Å²) in [5, 5.41) is 0. The average Bonchev–Trinajstić information content (AvgIpc) is 2.78. The SMILES string of the molecule is CCCCCCC(I)CCC(I)Oc1ccc(OC(I)CCC(I)CCCCCC)cc1. The van der Waals surface area contributed by atoms with Gasteiger partial charge in [0.25, 0.3) is 0 Å². The molecule has 4 unspecified atom stereocenters. The first-order chi connectivity index (χ1) is 15.4. The van der Waals surface area contributed by atoms with Crippen LogP contribution in [0.3, 0.4) is 0 Å². The number of hydrogen-bond acceptors (Lipinski definition) is 2. The van der Waals surface area contributed by atoms with Gasteiger partial charge in [-0.2, -0.15) is 0 Å². The Kier molecular flexibility index (Phi) is 20.7. The quantitative estimate of drug-likeness (QED) is 0.0738. The molecule has 186 valence electrons. The Morgan fingerprint density at radius 2 is 0.906 bits per heavy atom. The highest BCUT2D eigenvalue weighted by Crippen LogP contribution is 2.27. The van der Waals surface area contributed by atoms with Gasteiger partial charge in [0, 0.05) is 7.85 Å². The topological polar surface area (TPSA) is 18.5 Å². The monoisotopic (exact) mass is 894 g/mol. The van der Waals surface area contributed by atoms with E-state index in [1.54, 1.807) is 0 Å². The maximum atomic E-state index is 6.13. The summed E-state index contributed by atoms with van der Waals surface area (Å²) in [6.07, 6.45) is 18.2. The molecule has 2 nitrogen and oxygen atoms in total. The first-order valence-corrected chi connectivity index (χ1v) is 17.4. The van der Waals surface area contributed by atoms with E-state index >= 15 is 0 Å². The lowest BCUT2D eigenvalue weighted by Gasteiger charge is -2.17. The molecule has 4 atom stereocenters. The summed E-state index contributed by atoms with van der Waals surface area (Å²) < 4.78 is 14.2. The molecule has 1 rings (SSSR count). The molecule has 32 heavy (non-hydrogen) atoms. The van der Waals surface area contributed by atoms with Crippen molar-refractivity contribution >= 4 is 90.4 Å². The van der Waals surface area contributed by atoms with Crippen LogP contribution in [0.15, 0.2) is 24.3 Å². The predicted octanol–water partition coefficient (Wildman–Crippen LogP) is 11.1. The van der Waals surface area contributed by atoms with Crippen LogP contribution < -0.4 is 9.47 Å². The third kappa shape index (κ3) is 17.2. The summed E-state index contributed by atoms with van der Waals surface area (Å²) in [6.45, 7) is 4.55. The lowest BCUT2D eigenvalue weighted by molar-refractivity contribution is 0.280. The van der Waals surface area contributed by atoms with Gasteiger partial charge >= 0.3 is 0 Å². The molecule has 0 aliphatic rings. The maximum Gasteiger partial charge on any atom is 0.149 e. The molecular weight excluding hydrogens is 852 g/mol. The summed E-state index contributed by atoms with van der Waals surface area (Å²) in [5.74, 6) is 1.88. The minimum absolute atomic E-state index is 0.225. The zero-order valence-electron chi connectivity index (χ0n) is 19.8. The van der Waals surface area contributed by atoms with Crippen molar-refractivity contribution in [3.63, 3.8) is 0 Å². The fourth-order valence-corrected chi connectivity index (χ4v) is 6.41. The van der Waals surface area contributed by atoms with Crippen LogP contribution in [0.1, 0.15) is 104 Å². The Morgan fingerprint density at radius 3 is 1.25 bits per heavy atom. The van der Waals surface area contributed by atoms with Crippen LogP contribution in [-0.4, -0.2) is 16.1 Å². The molecule has 0 fully saturated rings. The Labute approximate surface area is 252 Å². The molecule has 0 amide bonds. The summed E-state index contributed by atoms with van der Waals surface area (Å²) in [6, 6.07) is 8.19. The molecule has 0 saturated carbocycles. The highest BCUT2D eigenvalue weighted by molar-refractivity contribution is 14.1. The second kappa shape index (κ2) is 20.9. The second-order valence-corrected chi connectivity index (χ2v) is 14.9. The van der Waals surface area contributed by atoms with E-state index in [0.717, 1.165) is 32.2 Å². The van der Waals surface area contributed by atoms with Crippen LogP contribution >= 0.6 is 90.4 Å². The lowest BCUT2D eigenvalue weighted by Crippen LogP contribution is -2.12. The van der Waals surface area contributed by atoms with E-state index in [1.807, 2.05) is 24.3 Å². The molecule has 1 aromatic carbocycles. The third-order valence-corrected chi connectivity index (χ3v) is 9.75. The number of rotatable bonds is 20. The first-order valence-electron chi connectivity index (χ1n) is 12.4. The van der Waals surface area contributed by atoms with Gasteiger partial charge in [-0.05, 0) is 108 Å². The summed E-state index contributed by atoms with van der Waals surface area (Å²) in [4.78, 5) is 0. The predicted molar refractivity (Wildman–Crippen MR) is 175 cm³/mol. The minimum atomic E-state index is 0.225. The van der Waals surface area contributed by atoms with Crippen LogP contribution in [-0.2, 0) is 0 Å². The van der Waals surface area contributed by atoms with Crippen LogP contribution in [0.2, 0.25) is 0 Å². The van der Waals surface area contributed by atoms with Gasteiger partial charge in [0.1, 0.15) is 19.7 Å². The number of hydrogen-bond donors (Lipinski definition) is 0. The normalized spacial score (nSPS) is 15.2. The summed E-state index contributed by atoms with van der Waals surface area (Å²) in [7, 11) is 0. The molecule has 6 heteroatoms. The number of unbranched alkanes of at least 4 members (excludes halogenated alkanes) is 6. The minimum Gasteiger partial charge on any atom is -0.480 e. The number of benzene rings is 1. The molecule has 0 aliphatic heterocycles. The zero-order chi connectivity index (χ0) is 23.6. The third-order valence-electron chi connectivity index (χ3n) is 5.51. The molecule has 0 heterocycles. The van der Waals surface area contributed by atoms with Crippen molar-refractivity contribution < 1.29 is 9.47 Å². The Morgan fingerprint density at radius 1 is 0.531 bits per heavy atom. The van der Waals surface area contributed by atoms with Crippen LogP contribution in [0.5, 0.6) is 11.5 Å². The van der Waals surface area contributed by atoms with Crippen molar-refractivity contribution in [2.24, 2.45) is 0 Å². The van der Waals surface area contributed by atoms with E-state index in [1.165, 1.54) is 77.0 Å². The molecule has 0 aromatic heterocycles. The number of halogens is 4. The molecule has 0 aliphatic carbocycles. The Hall–Kier alpha value is 1.74. The van der Waals surface area contributed by atoms with E-state index in [0.29, 0.717) is 0 Å². The Balaban J connectivity index is 2.23. The maximum absolute atomic E-state index is 6.13. The van der Waals surface area contributed by atoms with Gasteiger partial charge in [0.05, 0.1) is 0 Å². The van der Waals surface area contributed by atoms with E-state index in [9.17, 15) is 0 Å². The van der Waals surface area contributed by atoms with Crippen molar-refractivity contribution in [3.8, 4) is 11.5 Å². The van der Waals surface area contributed by atoms with Gasteiger partial charge < -0.3 is 9.47 Å². The Bertz CT molecular complexity index is 506. The summed E-state index contributed by atoms with van der Waals surface area (Å²) in [5.41, 5.74) is 0. The van der Waals surface area contributed by atoms with Gasteiger partial charge in [-0.3, -0.25) is 0 Å². The highest BCUT2D eigenvalue weighted by Gasteiger charge is 2.12. The highest BCUT2D eigenvalue weighted by atomic mass is 127. The molecular formula is C26H42I4O2. The first kappa shape index (κ1) is 31.8. The summed E-state index contributed by atoms with van der Waals surface area (Å²) >= 11 is 10.1. The van der Waals surface area contributed by atoms with Crippen molar-refractivity contribution in [1.29, 1.82) is 0 Å². The largest absolute Gasteiger partial charge is 0.480 e. The molecule has 0 N–H and O–H groups in total. The van der Waals surface area contributed by atoms with Crippen LogP contribution in [0.25, 0.3) is 0 Å². The van der Waals surface area contributed by atoms with Gasteiger partial charge in [-0.15, -0.1) is 0 Å². The smallest absolute Gasteiger partial charge is 0.149 e. The molecule has 0 bridgehead atoms. The van der Waals surface area contributed by atoms with Gasteiger partial charge in [0.2, 0.25) is 0 Å². The zero-order valence-corrected chi connectivity index (χ0v) is 28.5. The van der Waals surface area contributed by atoms with Crippen molar-refractivity contribution in [2.75, 3.05) is 0 Å². The van der Waals surface area contributed by atoms with Gasteiger partial charge in [0.15, 0.2) is 0 Å². The molecule has 0 radical (unpaired) electrons. The number of alkyl halides is 4. The van der Waals surface area contributed by atoms with E-state index in [2.05, 4.69) is 104 Å². The van der Waals surface area contributed by atoms with Crippen LogP contribution in [0.4, 0.5) is 0 Å². The van der Waals surface area contributed by atoms with Crippen molar-refractivity contribution in [2.45, 2.75) is 120 Å². The van der Waals surface area contributed by atoms with Gasteiger partial charge in [-0.25, -0.2) is 0 Å². The average molecular weight is 894 g/mol. The standard InChI is InChI=1S/C26H42I4O2/c1-3-5-7-9-11-21(27)13-19-25(29)31-23-15-17-24(18-16-23)32-26(30)20-14-22(28)12-10-8-6-4-2/h15-18,21-22,25-26H,3-14,19-20H2,1-2H3. The lowest BCUT2D eigenvalue weighted by atomic mass is 10.1. The van der Waals surface area contributed by atoms with E-state index in [-0.39, 0.29) is 8.22 Å². The van der Waals surface area contributed by atoms with Crippen molar-refractivity contribution in [1.82, 2.24) is 0 Å². The second-order valence-electron chi connectivity index (χ2n) is 8.58.